The molecule has 3 aromatic rings. The number of piperazine rings is 1. The summed E-state index contributed by atoms with van der Waals surface area (Å²) in [6, 6.07) is 14.8. The molecule has 1 aliphatic rings. The van der Waals surface area contributed by atoms with Crippen molar-refractivity contribution in [3.8, 4) is 17.5 Å². The minimum Gasteiger partial charge on any atom is -0.480 e. The zero-order valence-corrected chi connectivity index (χ0v) is 17.0. The molecule has 0 unspecified atom stereocenters. The number of ether oxygens (including phenoxy) is 2. The molecule has 8 nitrogen and oxygen atoms in total. The molecule has 1 fully saturated rings. The average Bonchev–Trinajstić information content (AvgIpc) is 2.79. The lowest BCUT2D eigenvalue weighted by Gasteiger charge is -2.35. The van der Waals surface area contributed by atoms with Crippen LogP contribution in [-0.4, -0.2) is 59.0 Å². The molecule has 0 atom stereocenters. The van der Waals surface area contributed by atoms with Crippen molar-refractivity contribution in [3.05, 3.63) is 66.1 Å². The second kappa shape index (κ2) is 8.77. The summed E-state index contributed by atoms with van der Waals surface area (Å²) in [5, 5.41) is 0. The third kappa shape index (κ3) is 4.32. The topological polar surface area (TPSA) is 80.7 Å². The summed E-state index contributed by atoms with van der Waals surface area (Å²) in [5.41, 5.74) is 0.477. The van der Waals surface area contributed by atoms with Gasteiger partial charge in [-0.3, -0.25) is 4.79 Å². The maximum absolute atomic E-state index is 12.9. The van der Waals surface area contributed by atoms with Crippen molar-refractivity contribution in [2.45, 2.75) is 6.92 Å². The lowest BCUT2D eigenvalue weighted by molar-refractivity contribution is 0.0742. The Labute approximate surface area is 175 Å². The van der Waals surface area contributed by atoms with Gasteiger partial charge in [-0.25, -0.2) is 9.97 Å². The van der Waals surface area contributed by atoms with Gasteiger partial charge in [0.25, 0.3) is 5.91 Å². The van der Waals surface area contributed by atoms with Crippen LogP contribution in [0.5, 0.6) is 17.5 Å². The number of benzene rings is 1. The quantitative estimate of drug-likeness (QED) is 0.646. The summed E-state index contributed by atoms with van der Waals surface area (Å²) < 4.78 is 11.1. The number of amides is 1. The van der Waals surface area contributed by atoms with E-state index in [1.807, 2.05) is 48.2 Å². The highest BCUT2D eigenvalue weighted by Crippen LogP contribution is 2.24. The number of hydrogen-bond acceptors (Lipinski definition) is 7. The van der Waals surface area contributed by atoms with Crippen LogP contribution in [0.3, 0.4) is 0 Å². The first-order chi connectivity index (χ1) is 14.6. The predicted octanol–water partition coefficient (Wildman–Crippen LogP) is 2.94. The molecule has 0 radical (unpaired) electrons. The van der Waals surface area contributed by atoms with E-state index in [2.05, 4.69) is 19.9 Å². The molecule has 3 heterocycles. The smallest absolute Gasteiger partial charge is 0.259 e. The lowest BCUT2D eigenvalue weighted by atomic mass is 10.2. The number of methoxy groups -OCH3 is 1. The number of rotatable bonds is 5. The normalized spacial score (nSPS) is 13.8. The van der Waals surface area contributed by atoms with Crippen LogP contribution in [0.1, 0.15) is 16.2 Å². The zero-order chi connectivity index (χ0) is 20.9. The summed E-state index contributed by atoms with van der Waals surface area (Å²) in [4.78, 5) is 29.9. The number of carbonyl (C=O) groups excluding carboxylic acids is 1. The van der Waals surface area contributed by atoms with E-state index in [1.54, 1.807) is 18.3 Å². The fraction of sp³-hybridized carbons (Fsp3) is 0.273. The van der Waals surface area contributed by atoms with Crippen LogP contribution in [0.15, 0.2) is 54.7 Å². The Hall–Kier alpha value is -3.68. The van der Waals surface area contributed by atoms with Crippen molar-refractivity contribution in [1.29, 1.82) is 0 Å². The van der Waals surface area contributed by atoms with Gasteiger partial charge in [-0.15, -0.1) is 0 Å². The second-order valence-electron chi connectivity index (χ2n) is 6.87. The van der Waals surface area contributed by atoms with E-state index in [0.29, 0.717) is 49.3 Å². The van der Waals surface area contributed by atoms with Gasteiger partial charge in [0.15, 0.2) is 0 Å². The largest absolute Gasteiger partial charge is 0.480 e. The molecule has 30 heavy (non-hydrogen) atoms. The van der Waals surface area contributed by atoms with Crippen LogP contribution in [-0.2, 0) is 0 Å². The number of hydrogen-bond donors (Lipinski definition) is 0. The molecule has 8 heteroatoms. The molecule has 0 aliphatic carbocycles. The Bertz CT molecular complexity index is 1020. The van der Waals surface area contributed by atoms with Gasteiger partial charge in [-0.05, 0) is 31.2 Å². The van der Waals surface area contributed by atoms with Crippen LogP contribution in [0.4, 0.5) is 5.82 Å². The average molecular weight is 405 g/mol. The Morgan fingerprint density at radius 2 is 1.77 bits per heavy atom. The molecule has 0 N–H and O–H groups in total. The van der Waals surface area contributed by atoms with E-state index < -0.39 is 0 Å². The Kier molecular flexibility index (Phi) is 5.74. The van der Waals surface area contributed by atoms with E-state index in [-0.39, 0.29) is 5.91 Å². The SMILES string of the molecule is COc1ncccc1C(=O)N1CCN(c2cc(Oc3ccccc3)nc(C)n2)CC1. The number of aromatic nitrogens is 3. The third-order valence-electron chi connectivity index (χ3n) is 4.85. The maximum atomic E-state index is 12.9. The van der Waals surface area contributed by atoms with Crippen LogP contribution >= 0.6 is 0 Å². The van der Waals surface area contributed by atoms with Gasteiger partial charge in [0, 0.05) is 38.4 Å². The van der Waals surface area contributed by atoms with Gasteiger partial charge in [-0.1, -0.05) is 18.2 Å². The van der Waals surface area contributed by atoms with Gasteiger partial charge in [0.2, 0.25) is 11.8 Å². The zero-order valence-electron chi connectivity index (χ0n) is 17.0. The van der Waals surface area contributed by atoms with Gasteiger partial charge < -0.3 is 19.3 Å². The van der Waals surface area contributed by atoms with Crippen molar-refractivity contribution in [1.82, 2.24) is 19.9 Å². The molecule has 1 aliphatic heterocycles. The van der Waals surface area contributed by atoms with E-state index >= 15 is 0 Å². The molecule has 0 saturated carbocycles. The van der Waals surface area contributed by atoms with Crippen LogP contribution in [0.2, 0.25) is 0 Å². The van der Waals surface area contributed by atoms with Gasteiger partial charge in [0.1, 0.15) is 23.0 Å². The Morgan fingerprint density at radius 1 is 1.00 bits per heavy atom. The van der Waals surface area contributed by atoms with Gasteiger partial charge in [-0.2, -0.15) is 4.98 Å². The van der Waals surface area contributed by atoms with Gasteiger partial charge in [0.05, 0.1) is 7.11 Å². The first-order valence-corrected chi connectivity index (χ1v) is 9.76. The van der Waals surface area contributed by atoms with E-state index in [1.165, 1.54) is 7.11 Å². The van der Waals surface area contributed by atoms with Crippen molar-refractivity contribution >= 4 is 11.7 Å². The molecule has 0 spiro atoms. The summed E-state index contributed by atoms with van der Waals surface area (Å²) in [7, 11) is 1.52. The number of nitrogens with zero attached hydrogens (tertiary/aromatic N) is 5. The van der Waals surface area contributed by atoms with Crippen molar-refractivity contribution in [2.75, 3.05) is 38.2 Å². The highest BCUT2D eigenvalue weighted by atomic mass is 16.5. The standard InChI is InChI=1S/C22H23N5O3/c1-16-24-19(15-20(25-16)30-17-7-4-3-5-8-17)26-11-13-27(14-12-26)22(28)18-9-6-10-23-21(18)29-2/h3-10,15H,11-14H2,1-2H3. The highest BCUT2D eigenvalue weighted by Gasteiger charge is 2.25. The number of para-hydroxylation sites is 1. The Morgan fingerprint density at radius 3 is 2.50 bits per heavy atom. The molecule has 2 aromatic heterocycles. The minimum atomic E-state index is -0.0773. The molecule has 1 amide bonds. The maximum Gasteiger partial charge on any atom is 0.259 e. The fourth-order valence-electron chi connectivity index (χ4n) is 3.37. The third-order valence-corrected chi connectivity index (χ3v) is 4.85. The van der Waals surface area contributed by atoms with Crippen LogP contribution in [0.25, 0.3) is 0 Å². The van der Waals surface area contributed by atoms with E-state index in [9.17, 15) is 4.79 Å². The number of pyridine rings is 1. The molecule has 154 valence electrons. The number of aryl methyl sites for hydroxylation is 1. The summed E-state index contributed by atoms with van der Waals surface area (Å²) in [6.07, 6.45) is 1.61. The number of anilines is 1. The summed E-state index contributed by atoms with van der Waals surface area (Å²) >= 11 is 0. The first-order valence-electron chi connectivity index (χ1n) is 9.76. The lowest BCUT2D eigenvalue weighted by Crippen LogP contribution is -2.49. The monoisotopic (exact) mass is 405 g/mol. The highest BCUT2D eigenvalue weighted by molar-refractivity contribution is 5.96. The fourth-order valence-corrected chi connectivity index (χ4v) is 3.37. The second-order valence-corrected chi connectivity index (χ2v) is 6.87. The molecule has 0 bridgehead atoms. The van der Waals surface area contributed by atoms with Crippen molar-refractivity contribution in [2.24, 2.45) is 0 Å². The number of carbonyl (C=O) groups is 1. The van der Waals surface area contributed by atoms with Crippen LogP contribution in [0, 0.1) is 6.92 Å². The summed E-state index contributed by atoms with van der Waals surface area (Å²) in [6.45, 7) is 4.32. The van der Waals surface area contributed by atoms with E-state index in [0.717, 1.165) is 11.6 Å². The molecule has 1 saturated heterocycles. The van der Waals surface area contributed by atoms with E-state index in [4.69, 9.17) is 9.47 Å². The van der Waals surface area contributed by atoms with Crippen LogP contribution < -0.4 is 14.4 Å². The van der Waals surface area contributed by atoms with Crippen molar-refractivity contribution < 1.29 is 14.3 Å². The molecular weight excluding hydrogens is 382 g/mol. The van der Waals surface area contributed by atoms with Gasteiger partial charge >= 0.3 is 0 Å². The molecule has 1 aromatic carbocycles. The summed E-state index contributed by atoms with van der Waals surface area (Å²) in [5.74, 6) is 2.92. The van der Waals surface area contributed by atoms with Crippen molar-refractivity contribution in [3.63, 3.8) is 0 Å². The predicted molar refractivity (Wildman–Crippen MR) is 112 cm³/mol. The first kappa shape index (κ1) is 19.6. The molecular formula is C22H23N5O3. The molecule has 4 rings (SSSR count). The minimum absolute atomic E-state index is 0.0773. The Balaban J connectivity index is 1.44.